The molecule has 1 atom stereocenters. The summed E-state index contributed by atoms with van der Waals surface area (Å²) in [5.41, 5.74) is 2.73. The van der Waals surface area contributed by atoms with Gasteiger partial charge < -0.3 is 20.3 Å². The Hall–Kier alpha value is -3.35. The van der Waals surface area contributed by atoms with Crippen molar-refractivity contribution in [3.63, 3.8) is 0 Å². The molecule has 0 fully saturated rings. The Morgan fingerprint density at radius 3 is 2.22 bits per heavy atom. The number of amides is 3. The molecular weight excluding hydrogens is 454 g/mol. The first-order valence-electron chi connectivity index (χ1n) is 12.7. The Balaban J connectivity index is 2.35. The maximum absolute atomic E-state index is 13.7. The fourth-order valence-corrected chi connectivity index (χ4v) is 3.81. The summed E-state index contributed by atoms with van der Waals surface area (Å²) in [7, 11) is 0. The minimum absolute atomic E-state index is 0.261. The van der Waals surface area contributed by atoms with Crippen LogP contribution in [-0.2, 0) is 14.3 Å². The molecule has 0 saturated carbocycles. The fraction of sp³-hybridized carbons (Fsp3) is 0.483. The molecule has 3 amide bonds. The molecule has 0 radical (unpaired) electrons. The fourth-order valence-electron chi connectivity index (χ4n) is 3.81. The Bertz CT molecular complexity index is 1010. The third kappa shape index (κ3) is 9.36. The number of rotatable bonds is 11. The van der Waals surface area contributed by atoms with Crippen LogP contribution in [0.3, 0.4) is 0 Å². The molecule has 2 rings (SSSR count). The van der Waals surface area contributed by atoms with Crippen LogP contribution in [0.15, 0.2) is 48.5 Å². The van der Waals surface area contributed by atoms with Gasteiger partial charge in [-0.05, 0) is 58.2 Å². The minimum atomic E-state index is -0.847. The summed E-state index contributed by atoms with van der Waals surface area (Å²) in [6, 6.07) is 14.3. The monoisotopic (exact) mass is 495 g/mol. The van der Waals surface area contributed by atoms with Crippen molar-refractivity contribution in [3.05, 3.63) is 65.2 Å². The van der Waals surface area contributed by atoms with E-state index in [1.807, 2.05) is 62.4 Å². The van der Waals surface area contributed by atoms with E-state index in [4.69, 9.17) is 4.74 Å². The van der Waals surface area contributed by atoms with E-state index in [-0.39, 0.29) is 18.4 Å². The molecule has 0 heterocycles. The summed E-state index contributed by atoms with van der Waals surface area (Å²) in [6.45, 7) is 11.4. The highest BCUT2D eigenvalue weighted by molar-refractivity contribution is 5.98. The van der Waals surface area contributed by atoms with Crippen molar-refractivity contribution in [1.29, 1.82) is 0 Å². The summed E-state index contributed by atoms with van der Waals surface area (Å²) < 4.78 is 5.28. The normalized spacial score (nSPS) is 11.9. The number of hydrogen-bond acceptors (Lipinski definition) is 4. The molecule has 0 aromatic heterocycles. The number of unbranched alkanes of at least 4 members (excludes halogenated alkanes) is 3. The predicted molar refractivity (Wildman–Crippen MR) is 144 cm³/mol. The van der Waals surface area contributed by atoms with Crippen molar-refractivity contribution < 1.29 is 19.1 Å². The number of hydrogen-bond donors (Lipinski definition) is 2. The second kappa shape index (κ2) is 13.7. The van der Waals surface area contributed by atoms with Gasteiger partial charge in [-0.2, -0.15) is 0 Å². The molecule has 0 aliphatic rings. The number of aryl methyl sites for hydroxylation is 2. The number of alkyl carbamates (subject to hydrolysis) is 1. The second-order valence-electron chi connectivity index (χ2n) is 10.1. The lowest BCUT2D eigenvalue weighted by atomic mass is 10.0. The molecule has 2 N–H and O–H groups in total. The molecule has 196 valence electrons. The number of anilines is 1. The van der Waals surface area contributed by atoms with Gasteiger partial charge in [-0.15, -0.1) is 0 Å². The van der Waals surface area contributed by atoms with Gasteiger partial charge in [0, 0.05) is 12.2 Å². The molecule has 1 unspecified atom stereocenters. The first kappa shape index (κ1) is 28.9. The molecule has 0 spiro atoms. The van der Waals surface area contributed by atoms with Crippen LogP contribution in [0.2, 0.25) is 0 Å². The van der Waals surface area contributed by atoms with Crippen molar-refractivity contribution in [2.45, 2.75) is 78.9 Å². The van der Waals surface area contributed by atoms with E-state index in [2.05, 4.69) is 17.6 Å². The molecule has 0 bridgehead atoms. The topological polar surface area (TPSA) is 87.7 Å². The van der Waals surface area contributed by atoms with Crippen LogP contribution in [0.25, 0.3) is 0 Å². The lowest BCUT2D eigenvalue weighted by Crippen LogP contribution is -2.47. The van der Waals surface area contributed by atoms with Crippen LogP contribution in [0.1, 0.15) is 76.1 Å². The zero-order valence-corrected chi connectivity index (χ0v) is 22.5. The highest BCUT2D eigenvalue weighted by Crippen LogP contribution is 2.26. The number of ether oxygens (including phenoxy) is 1. The summed E-state index contributed by atoms with van der Waals surface area (Å²) in [5, 5.41) is 5.56. The van der Waals surface area contributed by atoms with E-state index < -0.39 is 17.7 Å². The van der Waals surface area contributed by atoms with E-state index >= 15 is 0 Å². The number of benzene rings is 2. The zero-order valence-electron chi connectivity index (χ0n) is 22.5. The number of para-hydroxylation sites is 1. The van der Waals surface area contributed by atoms with Crippen molar-refractivity contribution in [2.24, 2.45) is 0 Å². The minimum Gasteiger partial charge on any atom is -0.444 e. The third-order valence-electron chi connectivity index (χ3n) is 5.71. The van der Waals surface area contributed by atoms with Gasteiger partial charge in [0.1, 0.15) is 18.2 Å². The van der Waals surface area contributed by atoms with E-state index in [9.17, 15) is 14.4 Å². The van der Waals surface area contributed by atoms with E-state index in [1.165, 1.54) is 0 Å². The first-order chi connectivity index (χ1) is 17.0. The maximum atomic E-state index is 13.7. The van der Waals surface area contributed by atoms with E-state index in [0.717, 1.165) is 36.8 Å². The highest BCUT2D eigenvalue weighted by atomic mass is 16.6. The molecule has 36 heavy (non-hydrogen) atoms. The van der Waals surface area contributed by atoms with Crippen molar-refractivity contribution in [3.8, 4) is 0 Å². The maximum Gasteiger partial charge on any atom is 0.408 e. The van der Waals surface area contributed by atoms with Crippen LogP contribution in [0.4, 0.5) is 10.5 Å². The predicted octanol–water partition coefficient (Wildman–Crippen LogP) is 5.92. The van der Waals surface area contributed by atoms with Crippen molar-refractivity contribution in [2.75, 3.05) is 18.4 Å². The molecule has 2 aromatic rings. The van der Waals surface area contributed by atoms with Crippen LogP contribution >= 0.6 is 0 Å². The van der Waals surface area contributed by atoms with Crippen LogP contribution in [0, 0.1) is 13.8 Å². The van der Waals surface area contributed by atoms with E-state index in [1.54, 1.807) is 25.7 Å². The Labute approximate surface area is 215 Å². The number of nitrogens with zero attached hydrogens (tertiary/aromatic N) is 1. The molecule has 7 nitrogen and oxygen atoms in total. The van der Waals surface area contributed by atoms with Crippen molar-refractivity contribution in [1.82, 2.24) is 10.2 Å². The molecule has 0 aliphatic carbocycles. The smallest absolute Gasteiger partial charge is 0.408 e. The molecular formula is C29H41N3O4. The molecule has 0 saturated heterocycles. The largest absolute Gasteiger partial charge is 0.444 e. The van der Waals surface area contributed by atoms with Gasteiger partial charge in [-0.3, -0.25) is 9.59 Å². The summed E-state index contributed by atoms with van der Waals surface area (Å²) in [6.07, 6.45) is 3.14. The van der Waals surface area contributed by atoms with Gasteiger partial charge in [0.25, 0.3) is 5.91 Å². The third-order valence-corrected chi connectivity index (χ3v) is 5.71. The van der Waals surface area contributed by atoms with Crippen LogP contribution in [0.5, 0.6) is 0 Å². The standard InChI is InChI=1S/C29H41N3O4/c1-7-8-9-12-19-32(25(33)20-30-28(35)36-29(4,5)6)26(23-17-15-21(2)16-18-23)27(34)31-24-14-11-10-13-22(24)3/h10-11,13-18,26H,7-9,12,19-20H2,1-6H3,(H,30,35)(H,31,34). The second-order valence-corrected chi connectivity index (χ2v) is 10.1. The van der Waals surface area contributed by atoms with Gasteiger partial charge in [0.15, 0.2) is 0 Å². The van der Waals surface area contributed by atoms with Gasteiger partial charge in [0.05, 0.1) is 0 Å². The average molecular weight is 496 g/mol. The Kier molecular flexibility index (Phi) is 11.0. The Morgan fingerprint density at radius 2 is 1.61 bits per heavy atom. The summed E-state index contributed by atoms with van der Waals surface area (Å²) in [4.78, 5) is 40.9. The lowest BCUT2D eigenvalue weighted by Gasteiger charge is -2.32. The van der Waals surface area contributed by atoms with E-state index in [0.29, 0.717) is 17.8 Å². The summed E-state index contributed by atoms with van der Waals surface area (Å²) >= 11 is 0. The van der Waals surface area contributed by atoms with Gasteiger partial charge in [-0.1, -0.05) is 74.2 Å². The van der Waals surface area contributed by atoms with Gasteiger partial charge in [0.2, 0.25) is 5.91 Å². The molecule has 0 aliphatic heterocycles. The molecule has 7 heteroatoms. The summed E-state index contributed by atoms with van der Waals surface area (Å²) in [5.74, 6) is -0.642. The number of carbonyl (C=O) groups excluding carboxylic acids is 3. The average Bonchev–Trinajstić information content (AvgIpc) is 2.81. The Morgan fingerprint density at radius 1 is 0.944 bits per heavy atom. The van der Waals surface area contributed by atoms with Crippen LogP contribution < -0.4 is 10.6 Å². The zero-order chi connectivity index (χ0) is 26.7. The first-order valence-corrected chi connectivity index (χ1v) is 12.7. The number of carbonyl (C=O) groups is 3. The van der Waals surface area contributed by atoms with Gasteiger partial charge >= 0.3 is 6.09 Å². The SMILES string of the molecule is CCCCCCN(C(=O)CNC(=O)OC(C)(C)C)C(C(=O)Nc1ccccc1C)c1ccc(C)cc1. The van der Waals surface area contributed by atoms with Gasteiger partial charge in [-0.25, -0.2) is 4.79 Å². The quantitative estimate of drug-likeness (QED) is 0.379. The van der Waals surface area contributed by atoms with Crippen molar-refractivity contribution >= 4 is 23.6 Å². The van der Waals surface area contributed by atoms with Crippen LogP contribution in [-0.4, -0.2) is 41.5 Å². The molecule has 2 aromatic carbocycles. The highest BCUT2D eigenvalue weighted by Gasteiger charge is 2.32. The lowest BCUT2D eigenvalue weighted by molar-refractivity contribution is -0.138. The number of nitrogens with one attached hydrogen (secondary N) is 2.